The van der Waals surface area contributed by atoms with Crippen LogP contribution in [0.5, 0.6) is 5.75 Å². The number of ether oxygens (including phenoxy) is 1. The molecule has 0 aliphatic carbocycles. The maximum absolute atomic E-state index is 13.3. The van der Waals surface area contributed by atoms with E-state index in [1.165, 1.54) is 12.3 Å². The van der Waals surface area contributed by atoms with Crippen LogP contribution in [-0.4, -0.2) is 33.0 Å². The Kier molecular flexibility index (Phi) is 7.20. The summed E-state index contributed by atoms with van der Waals surface area (Å²) >= 11 is 0. The number of aryl methyl sites for hydroxylation is 1. The van der Waals surface area contributed by atoms with Gasteiger partial charge in [-0.05, 0) is 54.5 Å². The average Bonchev–Trinajstić information content (AvgIpc) is 2.79. The minimum atomic E-state index is -3.73. The molecule has 1 amide bonds. The predicted octanol–water partition coefficient (Wildman–Crippen LogP) is 3.74. The van der Waals surface area contributed by atoms with Gasteiger partial charge < -0.3 is 10.1 Å². The topological polar surface area (TPSA) is 85.4 Å². The zero-order valence-corrected chi connectivity index (χ0v) is 18.2. The van der Waals surface area contributed by atoms with Crippen LogP contribution in [0.2, 0.25) is 0 Å². The van der Waals surface area contributed by atoms with E-state index in [4.69, 9.17) is 4.74 Å². The second kappa shape index (κ2) is 10.0. The van der Waals surface area contributed by atoms with Gasteiger partial charge in [-0.25, -0.2) is 8.42 Å². The normalized spacial score (nSPS) is 12.5. The van der Waals surface area contributed by atoms with Crippen LogP contribution in [0, 0.1) is 6.92 Å². The zero-order valence-electron chi connectivity index (χ0n) is 17.4. The van der Waals surface area contributed by atoms with Crippen LogP contribution in [0.3, 0.4) is 0 Å². The number of pyridine rings is 1. The van der Waals surface area contributed by atoms with Gasteiger partial charge in [-0.1, -0.05) is 35.9 Å². The predicted molar refractivity (Wildman–Crippen MR) is 120 cm³/mol. The molecule has 0 bridgehead atoms. The fourth-order valence-electron chi connectivity index (χ4n) is 3.00. The Balaban J connectivity index is 1.77. The Morgan fingerprint density at radius 1 is 1.10 bits per heavy atom. The average molecular weight is 437 g/mol. The molecule has 3 aromatic rings. The van der Waals surface area contributed by atoms with E-state index in [-0.39, 0.29) is 17.3 Å². The van der Waals surface area contributed by atoms with Gasteiger partial charge in [-0.15, -0.1) is 0 Å². The highest BCUT2D eigenvalue weighted by Gasteiger charge is 2.29. The molecule has 0 saturated carbocycles. The summed E-state index contributed by atoms with van der Waals surface area (Å²) in [6, 6.07) is 17.3. The third-order valence-corrected chi connectivity index (χ3v) is 6.90. The Bertz CT molecular complexity index is 1140. The molecule has 0 aliphatic heterocycles. The third-order valence-electron chi connectivity index (χ3n) is 4.78. The highest BCUT2D eigenvalue weighted by Crippen LogP contribution is 2.28. The standard InChI is InChI=1S/C24H24N2O4S/c1-18-5-12-22(13-6-18)31(28,29)23(20-4-3-15-25-16-20)17-26-24(27)14-9-19-7-10-21(30-2)11-8-19/h3-16,23H,17H2,1-2H3,(H,26,27)/b14-9+. The van der Waals surface area contributed by atoms with Crippen molar-refractivity contribution in [2.45, 2.75) is 17.1 Å². The van der Waals surface area contributed by atoms with E-state index in [0.29, 0.717) is 5.56 Å². The number of nitrogens with one attached hydrogen (secondary N) is 1. The molecule has 1 aromatic heterocycles. The molecule has 7 heteroatoms. The van der Waals surface area contributed by atoms with Gasteiger partial charge in [0.1, 0.15) is 11.0 Å². The Labute approximate surface area is 182 Å². The number of benzene rings is 2. The summed E-state index contributed by atoms with van der Waals surface area (Å²) in [6.07, 6.45) is 6.12. The first-order chi connectivity index (χ1) is 14.9. The van der Waals surface area contributed by atoms with E-state index in [9.17, 15) is 13.2 Å². The van der Waals surface area contributed by atoms with Crippen LogP contribution in [0.1, 0.15) is 21.9 Å². The lowest BCUT2D eigenvalue weighted by Gasteiger charge is -2.18. The van der Waals surface area contributed by atoms with Crippen molar-refractivity contribution in [1.82, 2.24) is 10.3 Å². The van der Waals surface area contributed by atoms with E-state index in [1.54, 1.807) is 67.9 Å². The molecule has 1 unspecified atom stereocenters. The second-order valence-electron chi connectivity index (χ2n) is 6.98. The van der Waals surface area contributed by atoms with Crippen LogP contribution in [-0.2, 0) is 14.6 Å². The minimum Gasteiger partial charge on any atom is -0.497 e. The molecule has 0 saturated heterocycles. The lowest BCUT2D eigenvalue weighted by Crippen LogP contribution is -2.31. The highest BCUT2D eigenvalue weighted by molar-refractivity contribution is 7.91. The van der Waals surface area contributed by atoms with Crippen molar-refractivity contribution in [3.63, 3.8) is 0 Å². The largest absolute Gasteiger partial charge is 0.497 e. The van der Waals surface area contributed by atoms with Crippen molar-refractivity contribution >= 4 is 21.8 Å². The Hall–Kier alpha value is -3.45. The van der Waals surface area contributed by atoms with Gasteiger partial charge >= 0.3 is 0 Å². The number of aromatic nitrogens is 1. The summed E-state index contributed by atoms with van der Waals surface area (Å²) in [5.41, 5.74) is 2.31. The van der Waals surface area contributed by atoms with E-state index < -0.39 is 15.1 Å². The number of hydrogen-bond donors (Lipinski definition) is 1. The molecular weight excluding hydrogens is 412 g/mol. The van der Waals surface area contributed by atoms with Gasteiger partial charge in [0, 0.05) is 25.0 Å². The van der Waals surface area contributed by atoms with Gasteiger partial charge in [-0.2, -0.15) is 0 Å². The molecule has 1 N–H and O–H groups in total. The van der Waals surface area contributed by atoms with Crippen molar-refractivity contribution in [2.24, 2.45) is 0 Å². The molecular formula is C24H24N2O4S. The van der Waals surface area contributed by atoms with Gasteiger partial charge in [0.2, 0.25) is 5.91 Å². The number of sulfone groups is 1. The van der Waals surface area contributed by atoms with E-state index >= 15 is 0 Å². The number of amides is 1. The summed E-state index contributed by atoms with van der Waals surface area (Å²) in [5.74, 6) is 0.339. The number of methoxy groups -OCH3 is 1. The number of rotatable bonds is 8. The molecule has 1 heterocycles. The van der Waals surface area contributed by atoms with Gasteiger partial charge in [0.15, 0.2) is 9.84 Å². The third kappa shape index (κ3) is 5.79. The summed E-state index contributed by atoms with van der Waals surface area (Å²) < 4.78 is 31.7. The van der Waals surface area contributed by atoms with Crippen LogP contribution in [0.15, 0.2) is 84.0 Å². The lowest BCUT2D eigenvalue weighted by molar-refractivity contribution is -0.116. The first kappa shape index (κ1) is 22.2. The van der Waals surface area contributed by atoms with Crippen molar-refractivity contribution in [3.05, 3.63) is 95.8 Å². The van der Waals surface area contributed by atoms with Crippen LogP contribution in [0.25, 0.3) is 6.08 Å². The molecule has 0 fully saturated rings. The maximum atomic E-state index is 13.3. The van der Waals surface area contributed by atoms with Crippen LogP contribution < -0.4 is 10.1 Å². The van der Waals surface area contributed by atoms with Gasteiger partial charge in [0.25, 0.3) is 0 Å². The quantitative estimate of drug-likeness (QED) is 0.544. The summed E-state index contributed by atoms with van der Waals surface area (Å²) in [4.78, 5) is 16.6. The van der Waals surface area contributed by atoms with Crippen LogP contribution >= 0.6 is 0 Å². The Morgan fingerprint density at radius 2 is 1.81 bits per heavy atom. The van der Waals surface area contributed by atoms with E-state index in [1.807, 2.05) is 19.1 Å². The maximum Gasteiger partial charge on any atom is 0.244 e. The summed E-state index contributed by atoms with van der Waals surface area (Å²) in [5, 5.41) is 1.75. The molecule has 0 aliphatic rings. The lowest BCUT2D eigenvalue weighted by atomic mass is 10.2. The van der Waals surface area contributed by atoms with Crippen molar-refractivity contribution in [1.29, 1.82) is 0 Å². The van der Waals surface area contributed by atoms with Crippen molar-refractivity contribution < 1.29 is 17.9 Å². The van der Waals surface area contributed by atoms with Gasteiger partial charge in [0.05, 0.1) is 12.0 Å². The number of carbonyl (C=O) groups excluding carboxylic acids is 1. The van der Waals surface area contributed by atoms with Crippen LogP contribution in [0.4, 0.5) is 0 Å². The fourth-order valence-corrected chi connectivity index (χ4v) is 4.65. The highest BCUT2D eigenvalue weighted by atomic mass is 32.2. The first-order valence-electron chi connectivity index (χ1n) is 9.70. The monoisotopic (exact) mass is 436 g/mol. The number of carbonyl (C=O) groups is 1. The van der Waals surface area contributed by atoms with Crippen molar-refractivity contribution in [3.8, 4) is 5.75 Å². The van der Waals surface area contributed by atoms with E-state index in [0.717, 1.165) is 16.9 Å². The molecule has 6 nitrogen and oxygen atoms in total. The SMILES string of the molecule is COc1ccc(/C=C/C(=O)NCC(c2cccnc2)S(=O)(=O)c2ccc(C)cc2)cc1. The molecule has 31 heavy (non-hydrogen) atoms. The second-order valence-corrected chi connectivity index (χ2v) is 9.12. The molecule has 1 atom stereocenters. The number of nitrogens with zero attached hydrogens (tertiary/aromatic N) is 1. The summed E-state index contributed by atoms with van der Waals surface area (Å²) in [6.45, 7) is 1.82. The molecule has 2 aromatic carbocycles. The molecule has 3 rings (SSSR count). The van der Waals surface area contributed by atoms with Crippen molar-refractivity contribution in [2.75, 3.05) is 13.7 Å². The minimum absolute atomic E-state index is 0.0757. The van der Waals surface area contributed by atoms with E-state index in [2.05, 4.69) is 10.3 Å². The van der Waals surface area contributed by atoms with Gasteiger partial charge in [-0.3, -0.25) is 9.78 Å². The summed E-state index contributed by atoms with van der Waals surface area (Å²) in [7, 11) is -2.15. The molecule has 0 spiro atoms. The fraction of sp³-hybridized carbons (Fsp3) is 0.167. The molecule has 0 radical (unpaired) electrons. The number of hydrogen-bond acceptors (Lipinski definition) is 5. The first-order valence-corrected chi connectivity index (χ1v) is 11.3. The molecule has 160 valence electrons. The Morgan fingerprint density at radius 3 is 2.42 bits per heavy atom. The smallest absolute Gasteiger partial charge is 0.244 e. The zero-order chi connectivity index (χ0) is 22.3.